The molecule has 0 unspecified atom stereocenters. The highest BCUT2D eigenvalue weighted by Gasteiger charge is 2.50. The molecule has 2 fully saturated rings. The fourth-order valence-corrected chi connectivity index (χ4v) is 3.72. The lowest BCUT2D eigenvalue weighted by molar-refractivity contribution is -0.131. The Morgan fingerprint density at radius 1 is 1.50 bits per heavy atom. The number of nitrogens with zero attached hydrogens (tertiary/aromatic N) is 1. The Hall–Kier alpha value is -1.14. The number of carbonyl (C=O) groups excluding carboxylic acids is 1. The third-order valence-corrected chi connectivity index (χ3v) is 5.02. The van der Waals surface area contributed by atoms with Crippen molar-refractivity contribution in [2.75, 3.05) is 0 Å². The fourth-order valence-electron chi connectivity index (χ4n) is 3.27. The molecule has 0 aliphatic heterocycles. The number of rotatable bonds is 3. The molecule has 1 heterocycles. The maximum Gasteiger partial charge on any atom is 0.265 e. The zero-order valence-corrected chi connectivity index (χ0v) is 12.9. The Bertz CT molecular complexity index is 615. The minimum absolute atomic E-state index is 0.0214. The van der Waals surface area contributed by atoms with E-state index in [1.165, 1.54) is 0 Å². The minimum atomic E-state index is -0.582. The van der Waals surface area contributed by atoms with Crippen LogP contribution in [0.1, 0.15) is 44.2 Å². The van der Waals surface area contributed by atoms with Crippen LogP contribution in [0.15, 0.2) is 21.5 Å². The van der Waals surface area contributed by atoms with E-state index < -0.39 is 5.41 Å². The van der Waals surface area contributed by atoms with Crippen molar-refractivity contribution >= 4 is 21.8 Å². The molecular formula is C14H18BrN3O2. The Kier molecular flexibility index (Phi) is 3.25. The highest BCUT2D eigenvalue weighted by atomic mass is 79.9. The van der Waals surface area contributed by atoms with Crippen LogP contribution in [0.5, 0.6) is 0 Å². The summed E-state index contributed by atoms with van der Waals surface area (Å²) in [7, 11) is 0. The largest absolute Gasteiger partial charge is 0.311 e. The normalized spacial score (nSPS) is 28.9. The molecule has 0 spiro atoms. The number of amides is 1. The van der Waals surface area contributed by atoms with Crippen LogP contribution in [0.2, 0.25) is 0 Å². The van der Waals surface area contributed by atoms with Crippen molar-refractivity contribution in [2.24, 2.45) is 11.8 Å². The summed E-state index contributed by atoms with van der Waals surface area (Å²) in [6.45, 7) is 2.12. The van der Waals surface area contributed by atoms with E-state index in [-0.39, 0.29) is 17.5 Å². The lowest BCUT2D eigenvalue weighted by Gasteiger charge is -2.45. The molecule has 0 saturated heterocycles. The van der Waals surface area contributed by atoms with Crippen LogP contribution in [0.3, 0.4) is 0 Å². The predicted octanol–water partition coefficient (Wildman–Crippen LogP) is 1.60. The van der Waals surface area contributed by atoms with Gasteiger partial charge in [0.15, 0.2) is 0 Å². The Balaban J connectivity index is 2.08. The van der Waals surface area contributed by atoms with Gasteiger partial charge in [0.2, 0.25) is 5.91 Å². The topological polar surface area (TPSA) is 77.1 Å². The fraction of sp³-hybridized carbons (Fsp3) is 0.571. The summed E-state index contributed by atoms with van der Waals surface area (Å²) in [5, 5.41) is 0. The average Bonchev–Trinajstić information content (AvgIpc) is 3.21. The van der Waals surface area contributed by atoms with Gasteiger partial charge in [0.05, 0.1) is 9.89 Å². The van der Waals surface area contributed by atoms with Gasteiger partial charge < -0.3 is 4.57 Å². The van der Waals surface area contributed by atoms with Crippen LogP contribution in [0.25, 0.3) is 0 Å². The molecule has 5 nitrogen and oxygen atoms in total. The summed E-state index contributed by atoms with van der Waals surface area (Å²) in [5.74, 6) is 5.68. The van der Waals surface area contributed by atoms with Crippen LogP contribution in [0.4, 0.5) is 0 Å². The van der Waals surface area contributed by atoms with Crippen LogP contribution in [-0.2, 0) is 10.2 Å². The van der Waals surface area contributed by atoms with Gasteiger partial charge in [0, 0.05) is 12.2 Å². The molecule has 2 aliphatic carbocycles. The molecule has 3 N–H and O–H groups in total. The summed E-state index contributed by atoms with van der Waals surface area (Å²) in [4.78, 5) is 24.3. The second-order valence-corrected chi connectivity index (χ2v) is 6.94. The van der Waals surface area contributed by atoms with Crippen LogP contribution in [0, 0.1) is 5.92 Å². The molecule has 1 aromatic rings. The van der Waals surface area contributed by atoms with Gasteiger partial charge in [-0.2, -0.15) is 0 Å². The van der Waals surface area contributed by atoms with Gasteiger partial charge in [-0.25, -0.2) is 5.84 Å². The zero-order chi connectivity index (χ0) is 14.5. The van der Waals surface area contributed by atoms with Crippen molar-refractivity contribution in [2.45, 2.75) is 44.1 Å². The van der Waals surface area contributed by atoms with Crippen molar-refractivity contribution in [3.8, 4) is 0 Å². The number of hydrogen-bond donors (Lipinski definition) is 2. The van der Waals surface area contributed by atoms with Gasteiger partial charge in [-0.15, -0.1) is 0 Å². The molecule has 108 valence electrons. The lowest BCUT2D eigenvalue weighted by Crippen LogP contribution is -2.54. The summed E-state index contributed by atoms with van der Waals surface area (Å²) in [6, 6.07) is 2.07. The Morgan fingerprint density at radius 2 is 2.15 bits per heavy atom. The van der Waals surface area contributed by atoms with E-state index in [2.05, 4.69) is 28.3 Å². The summed E-state index contributed by atoms with van der Waals surface area (Å²) >= 11 is 3.33. The quantitative estimate of drug-likeness (QED) is 0.499. The van der Waals surface area contributed by atoms with E-state index in [0.717, 1.165) is 31.2 Å². The number of aromatic nitrogens is 1. The molecule has 6 heteroatoms. The molecule has 0 bridgehead atoms. The highest BCUT2D eigenvalue weighted by Crippen LogP contribution is 2.48. The smallest absolute Gasteiger partial charge is 0.265 e. The molecule has 1 amide bonds. The number of nitrogens with one attached hydrogen (secondary N) is 1. The minimum Gasteiger partial charge on any atom is -0.311 e. The third kappa shape index (κ3) is 2.02. The average molecular weight is 340 g/mol. The van der Waals surface area contributed by atoms with Gasteiger partial charge in [-0.3, -0.25) is 15.0 Å². The Morgan fingerprint density at radius 3 is 2.65 bits per heavy atom. The summed E-state index contributed by atoms with van der Waals surface area (Å²) in [5.41, 5.74) is 2.57. The molecule has 3 rings (SSSR count). The predicted molar refractivity (Wildman–Crippen MR) is 79.1 cm³/mol. The number of hydrazine groups is 1. The van der Waals surface area contributed by atoms with Crippen molar-refractivity contribution in [1.82, 2.24) is 9.99 Å². The monoisotopic (exact) mass is 339 g/mol. The molecule has 20 heavy (non-hydrogen) atoms. The molecule has 0 atom stereocenters. The van der Waals surface area contributed by atoms with Crippen LogP contribution >= 0.6 is 15.9 Å². The first kappa shape index (κ1) is 13.8. The molecule has 2 aliphatic rings. The van der Waals surface area contributed by atoms with E-state index in [0.29, 0.717) is 10.4 Å². The number of pyridine rings is 1. The SMILES string of the molecule is CC1CC(C(=O)NN)(c2cc(Br)c(=O)n(C3CC3)c2)C1. The molecular weight excluding hydrogens is 322 g/mol. The van der Waals surface area contributed by atoms with E-state index >= 15 is 0 Å². The van der Waals surface area contributed by atoms with E-state index in [4.69, 9.17) is 5.84 Å². The molecule has 1 aromatic heterocycles. The van der Waals surface area contributed by atoms with Crippen molar-refractivity contribution in [3.63, 3.8) is 0 Å². The first-order chi connectivity index (χ1) is 9.48. The Labute approximate surface area is 125 Å². The number of halogens is 1. The van der Waals surface area contributed by atoms with E-state index in [1.807, 2.05) is 6.20 Å². The second-order valence-electron chi connectivity index (χ2n) is 6.09. The van der Waals surface area contributed by atoms with Crippen molar-refractivity contribution in [1.29, 1.82) is 0 Å². The second kappa shape index (κ2) is 4.70. The van der Waals surface area contributed by atoms with Crippen LogP contribution < -0.4 is 16.8 Å². The van der Waals surface area contributed by atoms with Gasteiger partial charge in [-0.1, -0.05) is 6.92 Å². The lowest BCUT2D eigenvalue weighted by atomic mass is 9.59. The first-order valence-corrected chi connectivity index (χ1v) is 7.70. The van der Waals surface area contributed by atoms with Gasteiger partial charge in [0.25, 0.3) is 5.56 Å². The number of carbonyl (C=O) groups is 1. The van der Waals surface area contributed by atoms with Gasteiger partial charge in [-0.05, 0) is 59.2 Å². The maximum atomic E-state index is 12.2. The maximum absolute atomic E-state index is 12.2. The van der Waals surface area contributed by atoms with Crippen molar-refractivity contribution in [3.05, 3.63) is 32.7 Å². The molecule has 0 aromatic carbocycles. The summed E-state index contributed by atoms with van der Waals surface area (Å²) < 4.78 is 2.28. The highest BCUT2D eigenvalue weighted by molar-refractivity contribution is 9.10. The van der Waals surface area contributed by atoms with Gasteiger partial charge in [0.1, 0.15) is 0 Å². The van der Waals surface area contributed by atoms with Gasteiger partial charge >= 0.3 is 0 Å². The number of nitrogens with two attached hydrogens (primary N) is 1. The van der Waals surface area contributed by atoms with Crippen LogP contribution in [-0.4, -0.2) is 10.5 Å². The molecule has 2 saturated carbocycles. The zero-order valence-electron chi connectivity index (χ0n) is 11.4. The molecule has 0 radical (unpaired) electrons. The first-order valence-electron chi connectivity index (χ1n) is 6.91. The van der Waals surface area contributed by atoms with E-state index in [9.17, 15) is 9.59 Å². The standard InChI is InChI=1S/C14H18BrN3O2/c1-8-5-14(6-8,13(20)17-16)9-4-11(15)12(19)18(7-9)10-2-3-10/h4,7-8,10H,2-3,5-6,16H2,1H3,(H,17,20). The third-order valence-electron chi connectivity index (χ3n) is 4.45. The summed E-state index contributed by atoms with van der Waals surface area (Å²) in [6.07, 6.45) is 5.45. The van der Waals surface area contributed by atoms with E-state index in [1.54, 1.807) is 10.6 Å². The van der Waals surface area contributed by atoms with Crippen molar-refractivity contribution < 1.29 is 4.79 Å². The number of hydrogen-bond acceptors (Lipinski definition) is 3.